The Morgan fingerprint density at radius 3 is 2.96 bits per heavy atom. The van der Waals surface area contributed by atoms with Crippen LogP contribution >= 0.6 is 34.7 Å². The average Bonchev–Trinajstić information content (AvgIpc) is 3.17. The van der Waals surface area contributed by atoms with E-state index in [0.717, 1.165) is 10.7 Å². The van der Waals surface area contributed by atoms with Crippen molar-refractivity contribution in [2.24, 2.45) is 12.0 Å². The second-order valence-corrected chi connectivity index (χ2v) is 7.24. The normalized spacial score (nSPS) is 11.8. The summed E-state index contributed by atoms with van der Waals surface area (Å²) in [6.07, 6.45) is 5.47. The molecule has 0 unspecified atom stereocenters. The molecule has 0 N–H and O–H groups in total. The molecule has 0 fully saturated rings. The number of aryl methyl sites for hydroxylation is 1. The molecule has 0 saturated heterocycles. The van der Waals surface area contributed by atoms with Crippen molar-refractivity contribution in [1.29, 1.82) is 0 Å². The van der Waals surface area contributed by atoms with Gasteiger partial charge < -0.3 is 9.13 Å². The maximum atomic E-state index is 12.1. The van der Waals surface area contributed by atoms with Gasteiger partial charge in [-0.25, -0.2) is 4.98 Å². The molecule has 0 aliphatic rings. The minimum Gasteiger partial charge on any atom is -0.329 e. The second-order valence-electron chi connectivity index (χ2n) is 5.02. The topological polar surface area (TPSA) is 52.2 Å². The number of aromatic nitrogens is 3. The zero-order chi connectivity index (χ0) is 16.9. The Morgan fingerprint density at radius 1 is 1.38 bits per heavy atom. The van der Waals surface area contributed by atoms with Crippen LogP contribution in [0, 0.1) is 0 Å². The average molecular weight is 379 g/mol. The van der Waals surface area contributed by atoms with Crippen molar-refractivity contribution in [3.8, 4) is 0 Å². The fourth-order valence-corrected chi connectivity index (χ4v) is 3.73. The molecule has 0 aliphatic carbocycles. The molecule has 0 saturated carbocycles. The van der Waals surface area contributed by atoms with E-state index in [-0.39, 0.29) is 11.7 Å². The minimum atomic E-state index is -0.182. The van der Waals surface area contributed by atoms with Gasteiger partial charge in [0.15, 0.2) is 9.96 Å². The molecule has 124 valence electrons. The highest BCUT2D eigenvalue weighted by molar-refractivity contribution is 7.99. The first kappa shape index (κ1) is 17.0. The van der Waals surface area contributed by atoms with E-state index in [1.807, 2.05) is 58.2 Å². The number of thioether (sulfide) groups is 1. The molecule has 0 atom stereocenters. The van der Waals surface area contributed by atoms with Crippen LogP contribution in [-0.4, -0.2) is 25.8 Å². The number of benzene rings is 1. The van der Waals surface area contributed by atoms with E-state index in [4.69, 9.17) is 11.6 Å². The highest BCUT2D eigenvalue weighted by Crippen LogP contribution is 2.16. The van der Waals surface area contributed by atoms with Gasteiger partial charge in [0.2, 0.25) is 0 Å². The Bertz CT molecular complexity index is 912. The van der Waals surface area contributed by atoms with Gasteiger partial charge in [0, 0.05) is 36.0 Å². The van der Waals surface area contributed by atoms with Gasteiger partial charge in [-0.3, -0.25) is 4.79 Å². The number of imidazole rings is 1. The number of carbonyl (C=O) groups excluding carboxylic acids is 1. The number of hydrogen-bond acceptors (Lipinski definition) is 4. The van der Waals surface area contributed by atoms with E-state index in [0.29, 0.717) is 16.4 Å². The molecule has 5 nitrogen and oxygen atoms in total. The lowest BCUT2D eigenvalue weighted by atomic mass is 10.2. The summed E-state index contributed by atoms with van der Waals surface area (Å²) in [5.41, 5.74) is 0.994. The minimum absolute atomic E-state index is 0.182. The fourth-order valence-electron chi connectivity index (χ4n) is 2.07. The summed E-state index contributed by atoms with van der Waals surface area (Å²) in [7, 11) is 1.90. The first-order valence-electron chi connectivity index (χ1n) is 7.18. The summed E-state index contributed by atoms with van der Waals surface area (Å²) >= 11 is 9.01. The van der Waals surface area contributed by atoms with Gasteiger partial charge in [-0.2, -0.15) is 4.99 Å². The summed E-state index contributed by atoms with van der Waals surface area (Å²) in [6.45, 7) is 0.585. The molecule has 2 aromatic heterocycles. The van der Waals surface area contributed by atoms with Gasteiger partial charge >= 0.3 is 0 Å². The molecule has 0 spiro atoms. The predicted octanol–water partition coefficient (Wildman–Crippen LogP) is 3.20. The lowest BCUT2D eigenvalue weighted by Gasteiger charge is -2.05. The quantitative estimate of drug-likeness (QED) is 0.640. The lowest BCUT2D eigenvalue weighted by molar-refractivity contribution is -0.115. The monoisotopic (exact) mass is 378 g/mol. The van der Waals surface area contributed by atoms with Crippen LogP contribution in [0.5, 0.6) is 0 Å². The van der Waals surface area contributed by atoms with Crippen molar-refractivity contribution in [1.82, 2.24) is 14.1 Å². The standard InChI is InChI=1S/C16H15ClN4OS2/c1-20-7-6-18-15(20)24-11-14(22)19-16-21(8-9-23-16)10-12-4-2-3-5-13(12)17/h2-9H,10-11H2,1H3. The van der Waals surface area contributed by atoms with Gasteiger partial charge in [-0.1, -0.05) is 41.6 Å². The van der Waals surface area contributed by atoms with Crippen molar-refractivity contribution < 1.29 is 4.79 Å². The molecule has 1 aromatic carbocycles. The van der Waals surface area contributed by atoms with Gasteiger partial charge in [0.05, 0.1) is 12.3 Å². The van der Waals surface area contributed by atoms with Gasteiger partial charge in [-0.05, 0) is 11.6 Å². The number of hydrogen-bond donors (Lipinski definition) is 0. The van der Waals surface area contributed by atoms with Crippen LogP contribution in [0.25, 0.3) is 0 Å². The Labute approximate surface area is 152 Å². The third kappa shape index (κ3) is 4.17. The Hall–Kier alpha value is -1.83. The second kappa shape index (κ2) is 7.83. The van der Waals surface area contributed by atoms with Crippen LogP contribution in [0.1, 0.15) is 5.56 Å². The molecule has 1 amide bonds. The smallest absolute Gasteiger partial charge is 0.258 e. The fraction of sp³-hybridized carbons (Fsp3) is 0.188. The Morgan fingerprint density at radius 2 is 2.21 bits per heavy atom. The number of halogens is 1. The SMILES string of the molecule is Cn1ccnc1SCC(=O)N=c1sccn1Cc1ccccc1Cl. The van der Waals surface area contributed by atoms with Gasteiger partial charge in [-0.15, -0.1) is 11.3 Å². The first-order valence-corrected chi connectivity index (χ1v) is 9.43. The molecule has 0 bridgehead atoms. The molecule has 0 radical (unpaired) electrons. The third-order valence-corrected chi connectivity index (χ3v) is 5.49. The van der Waals surface area contributed by atoms with Crippen molar-refractivity contribution >= 4 is 40.6 Å². The van der Waals surface area contributed by atoms with Crippen LogP contribution in [0.2, 0.25) is 5.02 Å². The van der Waals surface area contributed by atoms with E-state index in [9.17, 15) is 4.79 Å². The summed E-state index contributed by atoms with van der Waals surface area (Å²) in [6, 6.07) is 7.66. The van der Waals surface area contributed by atoms with Crippen LogP contribution < -0.4 is 4.80 Å². The molecule has 24 heavy (non-hydrogen) atoms. The molecular weight excluding hydrogens is 364 g/mol. The number of carbonyl (C=O) groups is 1. The number of thiazole rings is 1. The number of nitrogens with zero attached hydrogens (tertiary/aromatic N) is 4. The molecular formula is C16H15ClN4OS2. The highest BCUT2D eigenvalue weighted by Gasteiger charge is 2.07. The lowest BCUT2D eigenvalue weighted by Crippen LogP contribution is -2.17. The highest BCUT2D eigenvalue weighted by atomic mass is 35.5. The van der Waals surface area contributed by atoms with Crippen molar-refractivity contribution in [2.75, 3.05) is 5.75 Å². The predicted molar refractivity (Wildman–Crippen MR) is 97.4 cm³/mol. The van der Waals surface area contributed by atoms with Crippen molar-refractivity contribution in [2.45, 2.75) is 11.7 Å². The van der Waals surface area contributed by atoms with Crippen molar-refractivity contribution in [3.63, 3.8) is 0 Å². The Balaban J connectivity index is 1.72. The van der Waals surface area contributed by atoms with Crippen LogP contribution in [-0.2, 0) is 18.4 Å². The van der Waals surface area contributed by atoms with E-state index < -0.39 is 0 Å². The van der Waals surface area contributed by atoms with Crippen LogP contribution in [0.15, 0.2) is 58.4 Å². The number of amides is 1. The summed E-state index contributed by atoms with van der Waals surface area (Å²) < 4.78 is 3.80. The van der Waals surface area contributed by atoms with Crippen molar-refractivity contribution in [3.05, 3.63) is 63.6 Å². The molecule has 3 rings (SSSR count). The van der Waals surface area contributed by atoms with Gasteiger partial charge in [0.25, 0.3) is 5.91 Å². The molecule has 3 aromatic rings. The van der Waals surface area contributed by atoms with E-state index in [1.165, 1.54) is 23.1 Å². The summed E-state index contributed by atoms with van der Waals surface area (Å²) in [5.74, 6) is 0.0767. The van der Waals surface area contributed by atoms with Crippen LogP contribution in [0.4, 0.5) is 0 Å². The van der Waals surface area contributed by atoms with Gasteiger partial charge in [0.1, 0.15) is 0 Å². The van der Waals surface area contributed by atoms with E-state index >= 15 is 0 Å². The largest absolute Gasteiger partial charge is 0.329 e. The first-order chi connectivity index (χ1) is 11.6. The maximum absolute atomic E-state index is 12.1. The zero-order valence-electron chi connectivity index (χ0n) is 12.9. The van der Waals surface area contributed by atoms with E-state index in [2.05, 4.69) is 9.98 Å². The summed E-state index contributed by atoms with van der Waals surface area (Å²) in [4.78, 5) is 21.2. The molecule has 8 heteroatoms. The Kier molecular flexibility index (Phi) is 5.55. The van der Waals surface area contributed by atoms with E-state index in [1.54, 1.807) is 6.20 Å². The maximum Gasteiger partial charge on any atom is 0.258 e. The molecule has 2 heterocycles. The summed E-state index contributed by atoms with van der Waals surface area (Å²) in [5, 5.41) is 3.42. The zero-order valence-corrected chi connectivity index (χ0v) is 15.3. The van der Waals surface area contributed by atoms with Crippen LogP contribution in [0.3, 0.4) is 0 Å². The molecule has 0 aliphatic heterocycles. The number of rotatable bonds is 5. The third-order valence-electron chi connectivity index (χ3n) is 3.28.